The van der Waals surface area contributed by atoms with Crippen LogP contribution >= 0.6 is 0 Å². The summed E-state index contributed by atoms with van der Waals surface area (Å²) in [7, 11) is 0. The van der Waals surface area contributed by atoms with Gasteiger partial charge in [0.05, 0.1) is 11.4 Å². The molecular formula is C15H25N3. The third-order valence-corrected chi connectivity index (χ3v) is 3.64. The van der Waals surface area contributed by atoms with Crippen molar-refractivity contribution in [3.63, 3.8) is 0 Å². The molecule has 2 rings (SSSR count). The summed E-state index contributed by atoms with van der Waals surface area (Å²) in [6.07, 6.45) is 8.60. The second-order valence-electron chi connectivity index (χ2n) is 4.98. The van der Waals surface area contributed by atoms with Gasteiger partial charge in [-0.25, -0.2) is 0 Å². The van der Waals surface area contributed by atoms with E-state index in [-0.39, 0.29) is 0 Å². The lowest BCUT2D eigenvalue weighted by molar-refractivity contribution is 0.577. The summed E-state index contributed by atoms with van der Waals surface area (Å²) in [6, 6.07) is 2.23. The fraction of sp³-hybridized carbons (Fsp3) is 0.667. The van der Waals surface area contributed by atoms with Gasteiger partial charge in [-0.2, -0.15) is 5.10 Å². The molecule has 18 heavy (non-hydrogen) atoms. The molecule has 0 saturated heterocycles. The molecule has 0 atom stereocenters. The third kappa shape index (κ3) is 3.45. The average Bonchev–Trinajstić information content (AvgIpc) is 3.03. The first-order valence-corrected chi connectivity index (χ1v) is 7.27. The molecule has 1 aliphatic rings. The van der Waals surface area contributed by atoms with Crippen LogP contribution in [0.1, 0.15) is 50.9 Å². The minimum Gasteiger partial charge on any atom is -0.311 e. The number of aryl methyl sites for hydroxylation is 2. The summed E-state index contributed by atoms with van der Waals surface area (Å²) in [5.74, 6) is 0. The van der Waals surface area contributed by atoms with Crippen molar-refractivity contribution >= 4 is 0 Å². The molecule has 3 nitrogen and oxygen atoms in total. The van der Waals surface area contributed by atoms with E-state index in [0.29, 0.717) is 0 Å². The molecule has 0 bridgehead atoms. The molecule has 0 unspecified atom stereocenters. The van der Waals surface area contributed by atoms with E-state index < -0.39 is 0 Å². The van der Waals surface area contributed by atoms with E-state index >= 15 is 0 Å². The van der Waals surface area contributed by atoms with Gasteiger partial charge in [0.15, 0.2) is 0 Å². The molecule has 1 heterocycles. The number of allylic oxidation sites excluding steroid dienone is 1. The smallest absolute Gasteiger partial charge is 0.0625 e. The molecule has 0 amide bonds. The Morgan fingerprint density at radius 3 is 2.94 bits per heavy atom. The predicted octanol–water partition coefficient (Wildman–Crippen LogP) is 3.06. The van der Waals surface area contributed by atoms with Gasteiger partial charge in [-0.1, -0.05) is 18.6 Å². The summed E-state index contributed by atoms with van der Waals surface area (Å²) in [4.78, 5) is 0. The number of nitrogens with one attached hydrogen (secondary N) is 1. The van der Waals surface area contributed by atoms with E-state index in [1.807, 2.05) is 0 Å². The summed E-state index contributed by atoms with van der Waals surface area (Å²) >= 11 is 0. The van der Waals surface area contributed by atoms with E-state index in [1.165, 1.54) is 37.1 Å². The summed E-state index contributed by atoms with van der Waals surface area (Å²) in [5.41, 5.74) is 4.16. The minimum atomic E-state index is 0.939. The molecular weight excluding hydrogens is 222 g/mol. The molecule has 1 aromatic heterocycles. The standard InChI is InChI=1S/C15H25N3/c1-3-14-11-15(18(4-2)17-14)12-16-10-9-13-7-5-6-8-13/h7,11,16H,3-6,8-10,12H2,1-2H3. The van der Waals surface area contributed by atoms with Crippen LogP contribution in [-0.2, 0) is 19.5 Å². The minimum absolute atomic E-state index is 0.939. The zero-order valence-corrected chi connectivity index (χ0v) is 11.7. The van der Waals surface area contributed by atoms with Gasteiger partial charge in [-0.3, -0.25) is 4.68 Å². The zero-order chi connectivity index (χ0) is 12.8. The molecule has 0 saturated carbocycles. The molecule has 0 spiro atoms. The van der Waals surface area contributed by atoms with Gasteiger partial charge >= 0.3 is 0 Å². The van der Waals surface area contributed by atoms with Crippen LogP contribution < -0.4 is 5.32 Å². The van der Waals surface area contributed by atoms with Crippen molar-refractivity contribution in [2.24, 2.45) is 0 Å². The van der Waals surface area contributed by atoms with Crippen molar-refractivity contribution in [1.29, 1.82) is 0 Å². The highest BCUT2D eigenvalue weighted by Crippen LogP contribution is 2.19. The van der Waals surface area contributed by atoms with E-state index in [2.05, 4.69) is 41.1 Å². The van der Waals surface area contributed by atoms with Crippen LogP contribution in [0.25, 0.3) is 0 Å². The number of hydrogen-bond acceptors (Lipinski definition) is 2. The Morgan fingerprint density at radius 2 is 2.28 bits per heavy atom. The fourth-order valence-corrected chi connectivity index (χ4v) is 2.53. The highest BCUT2D eigenvalue weighted by Gasteiger charge is 2.06. The lowest BCUT2D eigenvalue weighted by Crippen LogP contribution is -2.18. The van der Waals surface area contributed by atoms with Gasteiger partial charge in [0, 0.05) is 13.1 Å². The lowest BCUT2D eigenvalue weighted by Gasteiger charge is -2.07. The Bertz CT molecular complexity index is 404. The summed E-state index contributed by atoms with van der Waals surface area (Å²) in [6.45, 7) is 7.30. The molecule has 1 aromatic rings. The fourth-order valence-electron chi connectivity index (χ4n) is 2.53. The topological polar surface area (TPSA) is 29.9 Å². The highest BCUT2D eigenvalue weighted by atomic mass is 15.3. The van der Waals surface area contributed by atoms with Crippen molar-refractivity contribution in [3.8, 4) is 0 Å². The third-order valence-electron chi connectivity index (χ3n) is 3.64. The lowest BCUT2D eigenvalue weighted by atomic mass is 10.2. The van der Waals surface area contributed by atoms with Crippen LogP contribution in [0, 0.1) is 0 Å². The Kier molecular flexibility index (Phi) is 5.00. The van der Waals surface area contributed by atoms with E-state index in [4.69, 9.17) is 0 Å². The Morgan fingerprint density at radius 1 is 1.39 bits per heavy atom. The Hall–Kier alpha value is -1.09. The van der Waals surface area contributed by atoms with E-state index in [1.54, 1.807) is 5.57 Å². The first-order valence-electron chi connectivity index (χ1n) is 7.27. The molecule has 3 heteroatoms. The van der Waals surface area contributed by atoms with E-state index in [9.17, 15) is 0 Å². The molecule has 0 aliphatic heterocycles. The SMILES string of the molecule is CCc1cc(CNCCC2=CCCC2)n(CC)n1. The van der Waals surface area contributed by atoms with E-state index in [0.717, 1.165) is 26.1 Å². The van der Waals surface area contributed by atoms with Gasteiger partial charge in [0.25, 0.3) is 0 Å². The normalized spacial score (nSPS) is 15.1. The Labute approximate surface area is 110 Å². The number of aromatic nitrogens is 2. The van der Waals surface area contributed by atoms with Crippen LogP contribution in [0.15, 0.2) is 17.7 Å². The van der Waals surface area contributed by atoms with Crippen molar-refractivity contribution in [2.45, 2.75) is 59.0 Å². The van der Waals surface area contributed by atoms with Gasteiger partial charge in [-0.15, -0.1) is 0 Å². The molecule has 100 valence electrons. The Balaban J connectivity index is 1.76. The van der Waals surface area contributed by atoms with Crippen LogP contribution in [0.2, 0.25) is 0 Å². The zero-order valence-electron chi connectivity index (χ0n) is 11.7. The first-order chi connectivity index (χ1) is 8.83. The maximum Gasteiger partial charge on any atom is 0.0625 e. The molecule has 0 fully saturated rings. The van der Waals surface area contributed by atoms with Crippen LogP contribution in [0.5, 0.6) is 0 Å². The number of rotatable bonds is 7. The second kappa shape index (κ2) is 6.74. The van der Waals surface area contributed by atoms with Crippen molar-refractivity contribution in [3.05, 3.63) is 29.1 Å². The van der Waals surface area contributed by atoms with Gasteiger partial charge < -0.3 is 5.32 Å². The van der Waals surface area contributed by atoms with Crippen LogP contribution in [0.4, 0.5) is 0 Å². The highest BCUT2D eigenvalue weighted by molar-refractivity contribution is 5.11. The first kappa shape index (κ1) is 13.3. The molecule has 0 radical (unpaired) electrons. The number of nitrogens with zero attached hydrogens (tertiary/aromatic N) is 2. The van der Waals surface area contributed by atoms with Gasteiger partial charge in [-0.05, 0) is 51.6 Å². The van der Waals surface area contributed by atoms with Crippen LogP contribution in [0.3, 0.4) is 0 Å². The maximum absolute atomic E-state index is 4.57. The molecule has 1 N–H and O–H groups in total. The van der Waals surface area contributed by atoms with Crippen molar-refractivity contribution < 1.29 is 0 Å². The van der Waals surface area contributed by atoms with Crippen LogP contribution in [-0.4, -0.2) is 16.3 Å². The van der Waals surface area contributed by atoms with Gasteiger partial charge in [0.2, 0.25) is 0 Å². The quantitative estimate of drug-likeness (QED) is 0.593. The van der Waals surface area contributed by atoms with Crippen molar-refractivity contribution in [1.82, 2.24) is 15.1 Å². The molecule has 1 aliphatic carbocycles. The largest absolute Gasteiger partial charge is 0.311 e. The average molecular weight is 247 g/mol. The summed E-state index contributed by atoms with van der Waals surface area (Å²) in [5, 5.41) is 8.11. The second-order valence-corrected chi connectivity index (χ2v) is 4.98. The monoisotopic (exact) mass is 247 g/mol. The maximum atomic E-state index is 4.57. The predicted molar refractivity (Wildman–Crippen MR) is 75.5 cm³/mol. The summed E-state index contributed by atoms with van der Waals surface area (Å²) < 4.78 is 2.11. The number of hydrogen-bond donors (Lipinski definition) is 1. The van der Waals surface area contributed by atoms with Crippen molar-refractivity contribution in [2.75, 3.05) is 6.54 Å². The molecule has 0 aromatic carbocycles. The van der Waals surface area contributed by atoms with Gasteiger partial charge in [0.1, 0.15) is 0 Å².